The van der Waals surface area contributed by atoms with Crippen molar-refractivity contribution in [2.75, 3.05) is 18.5 Å². The minimum absolute atomic E-state index is 0.170. The average molecular weight is 338 g/mol. The molecule has 128 valence electrons. The number of carbonyl (C=O) groups excluding carboxylic acids is 2. The van der Waals surface area contributed by atoms with Crippen molar-refractivity contribution in [3.8, 4) is 5.75 Å². The summed E-state index contributed by atoms with van der Waals surface area (Å²) in [6, 6.07) is 14.3. The Hall–Kier alpha value is -3.35. The summed E-state index contributed by atoms with van der Waals surface area (Å²) in [5.74, 6) is 0.0838. The van der Waals surface area contributed by atoms with E-state index in [4.69, 9.17) is 4.74 Å². The fourth-order valence-electron chi connectivity index (χ4n) is 2.38. The summed E-state index contributed by atoms with van der Waals surface area (Å²) in [5.41, 5.74) is 1.97. The predicted molar refractivity (Wildman–Crippen MR) is 94.7 cm³/mol. The first-order chi connectivity index (χ1) is 12.2. The lowest BCUT2D eigenvalue weighted by Crippen LogP contribution is -2.33. The molecule has 0 aliphatic carbocycles. The second-order valence-corrected chi connectivity index (χ2v) is 5.26. The van der Waals surface area contributed by atoms with Gasteiger partial charge in [-0.3, -0.25) is 14.9 Å². The lowest BCUT2D eigenvalue weighted by molar-refractivity contribution is -0.115. The van der Waals surface area contributed by atoms with Crippen LogP contribution in [0.4, 0.5) is 5.95 Å². The van der Waals surface area contributed by atoms with Crippen molar-refractivity contribution >= 4 is 28.8 Å². The maximum absolute atomic E-state index is 12.2. The quantitative estimate of drug-likeness (QED) is 0.643. The number of anilines is 1. The van der Waals surface area contributed by atoms with Gasteiger partial charge in [-0.25, -0.2) is 4.98 Å². The van der Waals surface area contributed by atoms with E-state index in [9.17, 15) is 9.59 Å². The largest absolute Gasteiger partial charge is 0.493 e. The molecule has 7 nitrogen and oxygen atoms in total. The Labute approximate surface area is 144 Å². The summed E-state index contributed by atoms with van der Waals surface area (Å²) in [6.07, 6.45) is 0. The molecule has 3 N–H and O–H groups in total. The molecular weight excluding hydrogens is 320 g/mol. The Kier molecular flexibility index (Phi) is 4.94. The molecule has 2 aromatic carbocycles. The van der Waals surface area contributed by atoms with Crippen molar-refractivity contribution in [1.82, 2.24) is 15.3 Å². The van der Waals surface area contributed by atoms with Crippen LogP contribution in [-0.4, -0.2) is 34.9 Å². The first-order valence-electron chi connectivity index (χ1n) is 7.92. The smallest absolute Gasteiger partial charge is 0.255 e. The van der Waals surface area contributed by atoms with E-state index >= 15 is 0 Å². The summed E-state index contributed by atoms with van der Waals surface area (Å²) in [7, 11) is 0. The number of ether oxygens (including phenoxy) is 1. The molecule has 0 aliphatic rings. The SMILES string of the molecule is CCOc1ccccc1C(=O)NCC(=O)Nc1nc2ccccc2[nH]1. The van der Waals surface area contributed by atoms with Gasteiger partial charge in [0.05, 0.1) is 29.7 Å². The van der Waals surface area contributed by atoms with Gasteiger partial charge in [0, 0.05) is 0 Å². The predicted octanol–water partition coefficient (Wildman–Crippen LogP) is 2.33. The second-order valence-electron chi connectivity index (χ2n) is 5.26. The number of para-hydroxylation sites is 3. The van der Waals surface area contributed by atoms with Gasteiger partial charge >= 0.3 is 0 Å². The Bertz CT molecular complexity index is 871. The Morgan fingerprint density at radius 2 is 1.88 bits per heavy atom. The summed E-state index contributed by atoms with van der Waals surface area (Å²) in [5, 5.41) is 5.21. The van der Waals surface area contributed by atoms with E-state index in [1.807, 2.05) is 31.2 Å². The van der Waals surface area contributed by atoms with Crippen molar-refractivity contribution in [2.45, 2.75) is 6.92 Å². The zero-order valence-corrected chi connectivity index (χ0v) is 13.7. The number of hydrogen-bond donors (Lipinski definition) is 3. The highest BCUT2D eigenvalue weighted by Gasteiger charge is 2.13. The molecule has 0 unspecified atom stereocenters. The van der Waals surface area contributed by atoms with Gasteiger partial charge in [0.25, 0.3) is 5.91 Å². The lowest BCUT2D eigenvalue weighted by Gasteiger charge is -2.10. The molecule has 3 aromatic rings. The molecule has 0 bridgehead atoms. The number of amides is 2. The van der Waals surface area contributed by atoms with Crippen LogP contribution in [0, 0.1) is 0 Å². The highest BCUT2D eigenvalue weighted by molar-refractivity contribution is 6.00. The highest BCUT2D eigenvalue weighted by atomic mass is 16.5. The molecule has 1 aromatic heterocycles. The molecule has 7 heteroatoms. The summed E-state index contributed by atoms with van der Waals surface area (Å²) in [4.78, 5) is 31.5. The van der Waals surface area contributed by atoms with Crippen LogP contribution in [0.5, 0.6) is 5.75 Å². The number of imidazole rings is 1. The van der Waals surface area contributed by atoms with E-state index in [1.165, 1.54) is 0 Å². The standard InChI is InChI=1S/C18H18N4O3/c1-2-25-15-10-6-3-7-12(15)17(24)19-11-16(23)22-18-20-13-8-4-5-9-14(13)21-18/h3-10H,2,11H2,1H3,(H,19,24)(H2,20,21,22,23). The van der Waals surface area contributed by atoms with Crippen molar-refractivity contribution < 1.29 is 14.3 Å². The Balaban J connectivity index is 1.59. The first-order valence-corrected chi connectivity index (χ1v) is 7.92. The van der Waals surface area contributed by atoms with E-state index in [2.05, 4.69) is 20.6 Å². The molecule has 25 heavy (non-hydrogen) atoms. The number of nitrogens with one attached hydrogen (secondary N) is 3. The summed E-state index contributed by atoms with van der Waals surface area (Å²) >= 11 is 0. The Morgan fingerprint density at radius 1 is 1.12 bits per heavy atom. The summed E-state index contributed by atoms with van der Waals surface area (Å²) in [6.45, 7) is 2.13. The maximum atomic E-state index is 12.2. The van der Waals surface area contributed by atoms with Crippen molar-refractivity contribution in [3.05, 3.63) is 54.1 Å². The van der Waals surface area contributed by atoms with E-state index in [-0.39, 0.29) is 18.4 Å². The van der Waals surface area contributed by atoms with E-state index in [0.717, 1.165) is 11.0 Å². The lowest BCUT2D eigenvalue weighted by atomic mass is 10.2. The zero-order chi connectivity index (χ0) is 17.6. The van der Waals surface area contributed by atoms with Crippen LogP contribution in [-0.2, 0) is 4.79 Å². The number of carbonyl (C=O) groups is 2. The molecule has 0 saturated heterocycles. The van der Waals surface area contributed by atoms with Crippen LogP contribution >= 0.6 is 0 Å². The molecular formula is C18H18N4O3. The first kappa shape index (κ1) is 16.5. The monoisotopic (exact) mass is 338 g/mol. The minimum Gasteiger partial charge on any atom is -0.493 e. The summed E-state index contributed by atoms with van der Waals surface area (Å²) < 4.78 is 5.42. The van der Waals surface area contributed by atoms with E-state index in [0.29, 0.717) is 23.9 Å². The number of aromatic amines is 1. The van der Waals surface area contributed by atoms with Crippen LogP contribution in [0.1, 0.15) is 17.3 Å². The van der Waals surface area contributed by atoms with E-state index < -0.39 is 0 Å². The number of fused-ring (bicyclic) bond motifs is 1. The van der Waals surface area contributed by atoms with Gasteiger partial charge in [-0.1, -0.05) is 24.3 Å². The van der Waals surface area contributed by atoms with Gasteiger partial charge in [0.15, 0.2) is 0 Å². The molecule has 2 amide bonds. The van der Waals surface area contributed by atoms with Gasteiger partial charge < -0.3 is 15.0 Å². The third-order valence-corrected chi connectivity index (χ3v) is 3.49. The van der Waals surface area contributed by atoms with Gasteiger partial charge in [0.2, 0.25) is 11.9 Å². The molecule has 0 aliphatic heterocycles. The number of rotatable bonds is 6. The van der Waals surface area contributed by atoms with Crippen LogP contribution in [0.2, 0.25) is 0 Å². The fourth-order valence-corrected chi connectivity index (χ4v) is 2.38. The third-order valence-electron chi connectivity index (χ3n) is 3.49. The van der Waals surface area contributed by atoms with Crippen molar-refractivity contribution in [1.29, 1.82) is 0 Å². The number of benzene rings is 2. The third kappa shape index (κ3) is 3.95. The van der Waals surface area contributed by atoms with Crippen LogP contribution in [0.25, 0.3) is 11.0 Å². The molecule has 3 rings (SSSR count). The van der Waals surface area contributed by atoms with Crippen molar-refractivity contribution in [2.24, 2.45) is 0 Å². The van der Waals surface area contributed by atoms with Gasteiger partial charge in [0.1, 0.15) is 5.75 Å². The van der Waals surface area contributed by atoms with Crippen LogP contribution in [0.15, 0.2) is 48.5 Å². The normalized spacial score (nSPS) is 10.4. The minimum atomic E-state index is -0.374. The highest BCUT2D eigenvalue weighted by Crippen LogP contribution is 2.17. The Morgan fingerprint density at radius 3 is 2.68 bits per heavy atom. The van der Waals surface area contributed by atoms with Gasteiger partial charge in [-0.05, 0) is 31.2 Å². The topological polar surface area (TPSA) is 96.1 Å². The van der Waals surface area contributed by atoms with Crippen LogP contribution in [0.3, 0.4) is 0 Å². The average Bonchev–Trinajstić information content (AvgIpc) is 3.02. The molecule has 0 fully saturated rings. The van der Waals surface area contributed by atoms with E-state index in [1.54, 1.807) is 24.3 Å². The number of aromatic nitrogens is 2. The fraction of sp³-hybridized carbons (Fsp3) is 0.167. The number of H-pyrrole nitrogens is 1. The van der Waals surface area contributed by atoms with Gasteiger partial charge in [-0.15, -0.1) is 0 Å². The number of hydrogen-bond acceptors (Lipinski definition) is 4. The zero-order valence-electron chi connectivity index (χ0n) is 13.7. The second kappa shape index (κ2) is 7.48. The van der Waals surface area contributed by atoms with Gasteiger partial charge in [-0.2, -0.15) is 0 Å². The molecule has 0 saturated carbocycles. The number of nitrogens with zero attached hydrogens (tertiary/aromatic N) is 1. The van der Waals surface area contributed by atoms with Crippen LogP contribution < -0.4 is 15.4 Å². The maximum Gasteiger partial charge on any atom is 0.255 e. The molecule has 0 atom stereocenters. The molecule has 0 spiro atoms. The molecule has 1 heterocycles. The molecule has 0 radical (unpaired) electrons. The van der Waals surface area contributed by atoms with Crippen molar-refractivity contribution in [3.63, 3.8) is 0 Å².